The van der Waals surface area contributed by atoms with E-state index in [1.165, 1.54) is 0 Å². The topological polar surface area (TPSA) is 87.7 Å². The van der Waals surface area contributed by atoms with Gasteiger partial charge in [-0.15, -0.1) is 0 Å². The second kappa shape index (κ2) is 6.37. The summed E-state index contributed by atoms with van der Waals surface area (Å²) in [6.45, 7) is -0.0907. The molecule has 1 aromatic carbocycles. The van der Waals surface area contributed by atoms with E-state index in [2.05, 4.69) is 10.6 Å². The first-order valence-electron chi connectivity index (χ1n) is 4.98. The van der Waals surface area contributed by atoms with Gasteiger partial charge >= 0.3 is 12.0 Å². The molecule has 0 aliphatic heterocycles. The van der Waals surface area contributed by atoms with Crippen LogP contribution in [0.15, 0.2) is 24.3 Å². The van der Waals surface area contributed by atoms with E-state index >= 15 is 0 Å². The number of rotatable bonds is 5. The number of methoxy groups -OCH3 is 1. The number of aliphatic carboxylic acids is 1. The largest absolute Gasteiger partial charge is 0.497 e. The van der Waals surface area contributed by atoms with E-state index in [0.717, 1.165) is 5.56 Å². The van der Waals surface area contributed by atoms with Gasteiger partial charge in [-0.2, -0.15) is 0 Å². The molecule has 0 aliphatic rings. The number of carboxylic acid groups (broad SMARTS) is 1. The van der Waals surface area contributed by atoms with Crippen molar-refractivity contribution in [3.05, 3.63) is 29.8 Å². The standard InChI is InChI=1S/C11H14N2O4/c1-17-9-4-2-3-8(5-9)6-12-11(16)13-7-10(14)15/h2-5H,6-7H2,1H3,(H,14,15)(H2,12,13,16). The molecule has 0 heterocycles. The molecule has 2 amide bonds. The lowest BCUT2D eigenvalue weighted by Gasteiger charge is -2.07. The smallest absolute Gasteiger partial charge is 0.323 e. The van der Waals surface area contributed by atoms with Gasteiger partial charge in [0.25, 0.3) is 0 Å². The number of nitrogens with one attached hydrogen (secondary N) is 2. The number of urea groups is 1. The molecule has 1 aromatic rings. The first-order chi connectivity index (χ1) is 8.11. The first-order valence-corrected chi connectivity index (χ1v) is 4.98. The van der Waals surface area contributed by atoms with Crippen molar-refractivity contribution in [1.82, 2.24) is 10.6 Å². The fourth-order valence-electron chi connectivity index (χ4n) is 1.18. The summed E-state index contributed by atoms with van der Waals surface area (Å²) in [4.78, 5) is 21.4. The lowest BCUT2D eigenvalue weighted by Crippen LogP contribution is -2.37. The molecule has 0 aromatic heterocycles. The van der Waals surface area contributed by atoms with Gasteiger partial charge in [0, 0.05) is 6.54 Å². The molecule has 0 saturated heterocycles. The SMILES string of the molecule is COc1cccc(CNC(=O)NCC(=O)O)c1. The molecular weight excluding hydrogens is 224 g/mol. The monoisotopic (exact) mass is 238 g/mol. The summed E-state index contributed by atoms with van der Waals surface area (Å²) in [5.74, 6) is -0.378. The molecule has 0 bridgehead atoms. The van der Waals surface area contributed by atoms with Crippen LogP contribution in [0.4, 0.5) is 4.79 Å². The van der Waals surface area contributed by atoms with Crippen LogP contribution in [0.2, 0.25) is 0 Å². The van der Waals surface area contributed by atoms with Crippen LogP contribution >= 0.6 is 0 Å². The maximum atomic E-state index is 11.2. The third-order valence-electron chi connectivity index (χ3n) is 1.99. The average Bonchev–Trinajstić information content (AvgIpc) is 2.34. The van der Waals surface area contributed by atoms with E-state index in [1.807, 2.05) is 12.1 Å². The zero-order valence-corrected chi connectivity index (χ0v) is 9.40. The second-order valence-electron chi connectivity index (χ2n) is 3.28. The Morgan fingerprint density at radius 1 is 1.35 bits per heavy atom. The van der Waals surface area contributed by atoms with Crippen LogP contribution in [0.25, 0.3) is 0 Å². The van der Waals surface area contributed by atoms with Gasteiger partial charge in [0.1, 0.15) is 12.3 Å². The quantitative estimate of drug-likeness (QED) is 0.700. The first kappa shape index (κ1) is 12.8. The third-order valence-corrected chi connectivity index (χ3v) is 1.99. The maximum Gasteiger partial charge on any atom is 0.323 e. The van der Waals surface area contributed by atoms with E-state index in [1.54, 1.807) is 19.2 Å². The van der Waals surface area contributed by atoms with Crippen molar-refractivity contribution in [2.75, 3.05) is 13.7 Å². The van der Waals surface area contributed by atoms with Gasteiger partial charge in [0.05, 0.1) is 7.11 Å². The van der Waals surface area contributed by atoms with Gasteiger partial charge in [-0.25, -0.2) is 4.79 Å². The lowest BCUT2D eigenvalue weighted by atomic mass is 10.2. The molecular formula is C11H14N2O4. The van der Waals surface area contributed by atoms with Gasteiger partial charge in [-0.3, -0.25) is 4.79 Å². The average molecular weight is 238 g/mol. The Kier molecular flexibility index (Phi) is 4.80. The van der Waals surface area contributed by atoms with Crippen molar-refractivity contribution in [1.29, 1.82) is 0 Å². The van der Waals surface area contributed by atoms with Crippen molar-refractivity contribution < 1.29 is 19.4 Å². The Hall–Kier alpha value is -2.24. The molecule has 6 nitrogen and oxygen atoms in total. The van der Waals surface area contributed by atoms with E-state index < -0.39 is 18.5 Å². The molecule has 1 rings (SSSR count). The summed E-state index contributed by atoms with van der Waals surface area (Å²) in [6.07, 6.45) is 0. The summed E-state index contributed by atoms with van der Waals surface area (Å²) in [5, 5.41) is 13.1. The zero-order valence-electron chi connectivity index (χ0n) is 9.40. The second-order valence-corrected chi connectivity index (χ2v) is 3.28. The number of benzene rings is 1. The highest BCUT2D eigenvalue weighted by atomic mass is 16.5. The van der Waals surface area contributed by atoms with E-state index in [9.17, 15) is 9.59 Å². The summed E-state index contributed by atoms with van der Waals surface area (Å²) in [5.41, 5.74) is 0.870. The highest BCUT2D eigenvalue weighted by Gasteiger charge is 2.03. The lowest BCUT2D eigenvalue weighted by molar-refractivity contribution is -0.135. The van der Waals surface area contributed by atoms with Gasteiger partial charge in [-0.05, 0) is 17.7 Å². The molecule has 92 valence electrons. The molecule has 0 unspecified atom stereocenters. The molecule has 0 atom stereocenters. The Labute approximate surface area is 98.6 Å². The van der Waals surface area contributed by atoms with Crippen LogP contribution in [0.1, 0.15) is 5.56 Å². The fourth-order valence-corrected chi connectivity index (χ4v) is 1.18. The number of amides is 2. The van der Waals surface area contributed by atoms with Gasteiger partial charge in [-0.1, -0.05) is 12.1 Å². The molecule has 0 saturated carbocycles. The van der Waals surface area contributed by atoms with Crippen molar-refractivity contribution in [3.8, 4) is 5.75 Å². The molecule has 0 radical (unpaired) electrons. The van der Waals surface area contributed by atoms with E-state index in [-0.39, 0.29) is 0 Å². The minimum absolute atomic E-state index is 0.308. The van der Waals surface area contributed by atoms with Crippen LogP contribution < -0.4 is 15.4 Å². The van der Waals surface area contributed by atoms with Gasteiger partial charge < -0.3 is 20.5 Å². The highest BCUT2D eigenvalue weighted by Crippen LogP contribution is 2.11. The van der Waals surface area contributed by atoms with Crippen molar-refractivity contribution in [3.63, 3.8) is 0 Å². The predicted molar refractivity (Wildman–Crippen MR) is 60.9 cm³/mol. The van der Waals surface area contributed by atoms with Gasteiger partial charge in [0.15, 0.2) is 0 Å². The fraction of sp³-hybridized carbons (Fsp3) is 0.273. The Bertz CT molecular complexity index is 406. The normalized spacial score (nSPS) is 9.47. The van der Waals surface area contributed by atoms with Crippen LogP contribution in [-0.4, -0.2) is 30.8 Å². The summed E-state index contributed by atoms with van der Waals surface area (Å²) >= 11 is 0. The Morgan fingerprint density at radius 2 is 2.12 bits per heavy atom. The van der Waals surface area contributed by atoms with Gasteiger partial charge in [0.2, 0.25) is 0 Å². The Morgan fingerprint density at radius 3 is 2.76 bits per heavy atom. The molecule has 6 heteroatoms. The third kappa shape index (κ3) is 4.87. The number of ether oxygens (including phenoxy) is 1. The van der Waals surface area contributed by atoms with Crippen molar-refractivity contribution >= 4 is 12.0 Å². The Balaban J connectivity index is 2.39. The minimum atomic E-state index is -1.08. The summed E-state index contributed by atoms with van der Waals surface area (Å²) in [7, 11) is 1.56. The molecule has 0 spiro atoms. The number of carboxylic acids is 1. The highest BCUT2D eigenvalue weighted by molar-refractivity contribution is 5.79. The van der Waals surface area contributed by atoms with Crippen LogP contribution in [0, 0.1) is 0 Å². The van der Waals surface area contributed by atoms with Crippen LogP contribution in [-0.2, 0) is 11.3 Å². The zero-order chi connectivity index (χ0) is 12.7. The number of carbonyl (C=O) groups is 2. The molecule has 0 fully saturated rings. The predicted octanol–water partition coefficient (Wildman–Crippen LogP) is 0.579. The number of carbonyl (C=O) groups excluding carboxylic acids is 1. The van der Waals surface area contributed by atoms with Crippen LogP contribution in [0.3, 0.4) is 0 Å². The maximum absolute atomic E-state index is 11.2. The molecule has 17 heavy (non-hydrogen) atoms. The van der Waals surface area contributed by atoms with E-state index in [4.69, 9.17) is 9.84 Å². The minimum Gasteiger partial charge on any atom is -0.497 e. The van der Waals surface area contributed by atoms with E-state index in [0.29, 0.717) is 12.3 Å². The number of hydrogen-bond acceptors (Lipinski definition) is 3. The summed E-state index contributed by atoms with van der Waals surface area (Å²) in [6, 6.07) is 6.71. The number of hydrogen-bond donors (Lipinski definition) is 3. The summed E-state index contributed by atoms with van der Waals surface area (Å²) < 4.78 is 5.03. The van der Waals surface area contributed by atoms with Crippen LogP contribution in [0.5, 0.6) is 5.75 Å². The van der Waals surface area contributed by atoms with Crippen molar-refractivity contribution in [2.45, 2.75) is 6.54 Å². The molecule has 0 aliphatic carbocycles. The molecule has 3 N–H and O–H groups in total. The van der Waals surface area contributed by atoms with Crippen molar-refractivity contribution in [2.24, 2.45) is 0 Å².